The van der Waals surface area contributed by atoms with Crippen molar-refractivity contribution >= 4 is 40.2 Å². The van der Waals surface area contributed by atoms with Gasteiger partial charge in [-0.3, -0.25) is 0 Å². The van der Waals surface area contributed by atoms with Gasteiger partial charge in [-0.15, -0.1) is 0 Å². The van der Waals surface area contributed by atoms with E-state index in [0.29, 0.717) is 0 Å². The summed E-state index contributed by atoms with van der Waals surface area (Å²) in [5.41, 5.74) is 16.9. The Bertz CT molecular complexity index is 2390. The van der Waals surface area contributed by atoms with Crippen LogP contribution >= 0.6 is 0 Å². The molecule has 2 nitrogen and oxygen atoms in total. The molecule has 2 heterocycles. The summed E-state index contributed by atoms with van der Waals surface area (Å²) in [5, 5.41) is 0. The summed E-state index contributed by atoms with van der Waals surface area (Å²) in [6.07, 6.45) is 0. The molecule has 0 bridgehead atoms. The Labute approximate surface area is 295 Å². The van der Waals surface area contributed by atoms with Gasteiger partial charge in [0.2, 0.25) is 0 Å². The van der Waals surface area contributed by atoms with Crippen LogP contribution in [0.3, 0.4) is 0 Å². The van der Waals surface area contributed by atoms with Crippen molar-refractivity contribution in [1.29, 1.82) is 0 Å². The first kappa shape index (κ1) is 30.3. The number of nitrogens with zero attached hydrogens (tertiary/aromatic N) is 1. The lowest BCUT2D eigenvalue weighted by Gasteiger charge is -2.41. The normalized spacial score (nSPS) is 12.9. The van der Waals surface area contributed by atoms with Crippen molar-refractivity contribution in [1.82, 2.24) is 0 Å². The highest BCUT2D eigenvalue weighted by Crippen LogP contribution is 2.46. The van der Waals surface area contributed by atoms with E-state index in [9.17, 15) is 0 Å². The Hall–Kier alpha value is -5.80. The third-order valence-electron chi connectivity index (χ3n) is 10.3. The number of anilines is 3. The smallest absolute Gasteiger partial charge is 0.256 e. The molecule has 7 aromatic carbocycles. The molecule has 2 aliphatic rings. The van der Waals surface area contributed by atoms with Gasteiger partial charge in [-0.25, -0.2) is 0 Å². The molecule has 0 saturated carbocycles. The molecule has 50 heavy (non-hydrogen) atoms. The number of fused-ring (bicyclic) bond motifs is 4. The number of rotatable bonds is 4. The maximum Gasteiger partial charge on any atom is 0.256 e. The lowest BCUT2D eigenvalue weighted by atomic mass is 9.34. The van der Waals surface area contributed by atoms with Crippen LogP contribution in [-0.4, -0.2) is 6.71 Å². The maximum atomic E-state index is 6.86. The summed E-state index contributed by atoms with van der Waals surface area (Å²) < 4.78 is 6.86. The molecule has 0 atom stereocenters. The van der Waals surface area contributed by atoms with Gasteiger partial charge >= 0.3 is 0 Å². The van der Waals surface area contributed by atoms with Crippen LogP contribution in [0.4, 0.5) is 17.1 Å². The average molecular weight is 644 g/mol. The van der Waals surface area contributed by atoms with E-state index in [2.05, 4.69) is 190 Å². The molecule has 0 N–H and O–H groups in total. The fourth-order valence-corrected chi connectivity index (χ4v) is 7.81. The topological polar surface area (TPSA) is 12.5 Å². The van der Waals surface area contributed by atoms with Crippen molar-refractivity contribution in [3.63, 3.8) is 0 Å². The highest BCUT2D eigenvalue weighted by Gasteiger charge is 2.42. The first-order valence-corrected chi connectivity index (χ1v) is 17.5. The van der Waals surface area contributed by atoms with Crippen LogP contribution < -0.4 is 26.0 Å². The summed E-state index contributed by atoms with van der Waals surface area (Å²) >= 11 is 0. The van der Waals surface area contributed by atoms with E-state index in [4.69, 9.17) is 4.74 Å². The number of hydrogen-bond donors (Lipinski definition) is 0. The Morgan fingerprint density at radius 2 is 1.06 bits per heavy atom. The largest absolute Gasteiger partial charge is 0.458 e. The van der Waals surface area contributed by atoms with Crippen LogP contribution in [0.2, 0.25) is 0 Å². The second-order valence-corrected chi connectivity index (χ2v) is 14.7. The molecular weight excluding hydrogens is 605 g/mol. The molecule has 9 rings (SSSR count). The summed E-state index contributed by atoms with van der Waals surface area (Å²) in [6.45, 7) is 9.04. The zero-order valence-corrected chi connectivity index (χ0v) is 28.9. The second kappa shape index (κ2) is 11.7. The Morgan fingerprint density at radius 3 is 1.70 bits per heavy atom. The van der Waals surface area contributed by atoms with Crippen LogP contribution in [0.15, 0.2) is 158 Å². The average Bonchev–Trinajstić information content (AvgIpc) is 3.14. The third kappa shape index (κ3) is 5.04. The van der Waals surface area contributed by atoms with Gasteiger partial charge in [-0.1, -0.05) is 142 Å². The summed E-state index contributed by atoms with van der Waals surface area (Å²) in [4.78, 5) is 2.50. The fraction of sp³-hybridized carbons (Fsp3) is 0.106. The van der Waals surface area contributed by atoms with Crippen LogP contribution in [0.5, 0.6) is 11.5 Å². The maximum absolute atomic E-state index is 6.86. The van der Waals surface area contributed by atoms with Gasteiger partial charge in [0.25, 0.3) is 6.71 Å². The lowest BCUT2D eigenvalue weighted by molar-refractivity contribution is 0.487. The van der Waals surface area contributed by atoms with Gasteiger partial charge in [-0.2, -0.15) is 0 Å². The Balaban J connectivity index is 1.34. The second-order valence-electron chi connectivity index (χ2n) is 14.7. The van der Waals surface area contributed by atoms with Crippen molar-refractivity contribution < 1.29 is 4.74 Å². The van der Waals surface area contributed by atoms with Gasteiger partial charge in [0.05, 0.1) is 5.69 Å². The highest BCUT2D eigenvalue weighted by molar-refractivity contribution is 6.99. The molecule has 7 aromatic rings. The van der Waals surface area contributed by atoms with Gasteiger partial charge < -0.3 is 9.64 Å². The van der Waals surface area contributed by atoms with Crippen molar-refractivity contribution in [2.75, 3.05) is 4.90 Å². The molecule has 0 fully saturated rings. The van der Waals surface area contributed by atoms with E-state index in [0.717, 1.165) is 17.2 Å². The van der Waals surface area contributed by atoms with E-state index in [1.807, 2.05) is 0 Å². The van der Waals surface area contributed by atoms with Crippen molar-refractivity contribution in [3.8, 4) is 44.9 Å². The number of ether oxygens (including phenoxy) is 1. The SMILES string of the molecule is Cc1cc2c3c(c1)N(c1ccc(C(C)(C)C)cc1-c1ccccc1)c1ccc(-c4ccccc4)cc1B3c1cc(-c3ccccc3)ccc1O2. The van der Waals surface area contributed by atoms with E-state index in [1.165, 1.54) is 72.3 Å². The van der Waals surface area contributed by atoms with Crippen molar-refractivity contribution in [2.24, 2.45) is 0 Å². The van der Waals surface area contributed by atoms with Crippen molar-refractivity contribution in [2.45, 2.75) is 33.1 Å². The number of hydrogen-bond acceptors (Lipinski definition) is 2. The minimum Gasteiger partial charge on any atom is -0.458 e. The Morgan fingerprint density at radius 1 is 0.480 bits per heavy atom. The monoisotopic (exact) mass is 643 g/mol. The molecule has 0 amide bonds. The van der Waals surface area contributed by atoms with Gasteiger partial charge in [0.15, 0.2) is 0 Å². The van der Waals surface area contributed by atoms with Gasteiger partial charge in [0.1, 0.15) is 11.5 Å². The quantitative estimate of drug-likeness (QED) is 0.177. The fourth-order valence-electron chi connectivity index (χ4n) is 7.81. The van der Waals surface area contributed by atoms with E-state index < -0.39 is 0 Å². The summed E-state index contributed by atoms with van der Waals surface area (Å²) in [7, 11) is 0. The zero-order valence-electron chi connectivity index (χ0n) is 28.9. The summed E-state index contributed by atoms with van der Waals surface area (Å²) in [5.74, 6) is 1.85. The molecule has 240 valence electrons. The first-order chi connectivity index (χ1) is 24.3. The van der Waals surface area contributed by atoms with Crippen LogP contribution in [0.25, 0.3) is 33.4 Å². The van der Waals surface area contributed by atoms with Crippen molar-refractivity contribution in [3.05, 3.63) is 169 Å². The summed E-state index contributed by atoms with van der Waals surface area (Å²) in [6, 6.07) is 57.6. The molecule has 3 heteroatoms. The van der Waals surface area contributed by atoms with Crippen LogP contribution in [0.1, 0.15) is 31.9 Å². The molecule has 0 aromatic heterocycles. The predicted octanol–water partition coefficient (Wildman–Crippen LogP) is 10.7. The third-order valence-corrected chi connectivity index (χ3v) is 10.3. The lowest BCUT2D eigenvalue weighted by Crippen LogP contribution is -2.59. The van der Waals surface area contributed by atoms with Gasteiger partial charge in [-0.05, 0) is 104 Å². The minimum atomic E-state index is -0.00283. The molecule has 0 unspecified atom stereocenters. The van der Waals surface area contributed by atoms with Crippen LogP contribution in [0, 0.1) is 6.92 Å². The van der Waals surface area contributed by atoms with Gasteiger partial charge in [0, 0.05) is 16.9 Å². The first-order valence-electron chi connectivity index (χ1n) is 17.5. The predicted molar refractivity (Wildman–Crippen MR) is 212 cm³/mol. The number of aryl methyl sites for hydroxylation is 1. The zero-order chi connectivity index (χ0) is 34.0. The number of benzene rings is 7. The van der Waals surface area contributed by atoms with E-state index in [1.54, 1.807) is 0 Å². The molecule has 0 spiro atoms. The molecule has 0 radical (unpaired) electrons. The van der Waals surface area contributed by atoms with Crippen LogP contribution in [-0.2, 0) is 5.41 Å². The molecule has 0 aliphatic carbocycles. The highest BCUT2D eigenvalue weighted by atomic mass is 16.5. The Kier molecular flexibility index (Phi) is 7.07. The van der Waals surface area contributed by atoms with E-state index >= 15 is 0 Å². The molecule has 2 aliphatic heterocycles. The van der Waals surface area contributed by atoms with E-state index in [-0.39, 0.29) is 12.1 Å². The molecule has 0 saturated heterocycles. The minimum absolute atomic E-state index is 0.00283. The molecular formula is C47H38BNO. The standard InChI is InChI=1S/C47H38BNO/c1-31-26-43-46-45(27-31)50-44-25-21-36(33-16-10-6-11-17-33)29-40(44)48(46)39-28-35(32-14-8-5-9-15-32)20-23-42(39)49(43)41-24-22-37(47(2,3)4)30-38(41)34-18-12-7-13-19-34/h5-30H,1-4H3.